The van der Waals surface area contributed by atoms with Gasteiger partial charge in [-0.2, -0.15) is 0 Å². The van der Waals surface area contributed by atoms with Crippen LogP contribution in [-0.2, 0) is 6.42 Å². The number of halogens is 2. The molecular weight excluding hydrogens is 289 g/mol. The van der Waals surface area contributed by atoms with Crippen LogP contribution in [0.4, 0.5) is 0 Å². The van der Waals surface area contributed by atoms with E-state index in [-0.39, 0.29) is 6.04 Å². The van der Waals surface area contributed by atoms with Gasteiger partial charge in [-0.05, 0) is 41.2 Å². The third-order valence-corrected chi connectivity index (χ3v) is 4.00. The van der Waals surface area contributed by atoms with Crippen LogP contribution in [0.25, 0.3) is 0 Å². The molecule has 2 aromatic rings. The van der Waals surface area contributed by atoms with Crippen molar-refractivity contribution in [3.8, 4) is 0 Å². The molecule has 0 radical (unpaired) electrons. The Bertz CT molecular complexity index is 593. The SMILES string of the molecule is CC(C)Cc1cccc(C(N)c2ccc(Cl)c(Cl)c2)c1. The molecular formula is C17H19Cl2N. The maximum absolute atomic E-state index is 6.33. The first-order valence-corrected chi connectivity index (χ1v) is 7.52. The molecule has 1 atom stereocenters. The van der Waals surface area contributed by atoms with Crippen molar-refractivity contribution in [2.75, 3.05) is 0 Å². The van der Waals surface area contributed by atoms with Gasteiger partial charge in [0.05, 0.1) is 16.1 Å². The molecule has 0 fully saturated rings. The predicted molar refractivity (Wildman–Crippen MR) is 87.5 cm³/mol. The minimum atomic E-state index is -0.183. The number of benzene rings is 2. The van der Waals surface area contributed by atoms with Crippen molar-refractivity contribution < 1.29 is 0 Å². The Morgan fingerprint density at radius 2 is 1.65 bits per heavy atom. The first-order valence-electron chi connectivity index (χ1n) is 6.76. The summed E-state index contributed by atoms with van der Waals surface area (Å²) in [7, 11) is 0. The maximum atomic E-state index is 6.33. The molecule has 0 aromatic heterocycles. The van der Waals surface area contributed by atoms with E-state index in [0.717, 1.165) is 17.5 Å². The Kier molecular flexibility index (Phi) is 5.09. The van der Waals surface area contributed by atoms with Gasteiger partial charge < -0.3 is 5.73 Å². The van der Waals surface area contributed by atoms with Crippen LogP contribution in [0.1, 0.15) is 36.6 Å². The summed E-state index contributed by atoms with van der Waals surface area (Å²) in [6.07, 6.45) is 1.06. The van der Waals surface area contributed by atoms with Gasteiger partial charge in [0.15, 0.2) is 0 Å². The van der Waals surface area contributed by atoms with Crippen molar-refractivity contribution >= 4 is 23.2 Å². The van der Waals surface area contributed by atoms with Gasteiger partial charge in [-0.15, -0.1) is 0 Å². The van der Waals surface area contributed by atoms with Gasteiger partial charge in [-0.25, -0.2) is 0 Å². The Balaban J connectivity index is 2.28. The van der Waals surface area contributed by atoms with Crippen LogP contribution < -0.4 is 5.73 Å². The number of nitrogens with two attached hydrogens (primary N) is 1. The second-order valence-corrected chi connectivity index (χ2v) is 6.31. The van der Waals surface area contributed by atoms with E-state index >= 15 is 0 Å². The average molecular weight is 308 g/mol. The minimum Gasteiger partial charge on any atom is -0.320 e. The van der Waals surface area contributed by atoms with Gasteiger partial charge in [0.25, 0.3) is 0 Å². The van der Waals surface area contributed by atoms with E-state index in [1.807, 2.05) is 12.1 Å². The fraction of sp³-hybridized carbons (Fsp3) is 0.294. The summed E-state index contributed by atoms with van der Waals surface area (Å²) in [5, 5.41) is 1.09. The topological polar surface area (TPSA) is 26.0 Å². The van der Waals surface area contributed by atoms with E-state index in [0.29, 0.717) is 16.0 Å². The number of rotatable bonds is 4. The minimum absolute atomic E-state index is 0.183. The van der Waals surface area contributed by atoms with Gasteiger partial charge in [-0.1, -0.05) is 67.4 Å². The lowest BCUT2D eigenvalue weighted by Crippen LogP contribution is -2.12. The molecule has 0 aliphatic rings. The highest BCUT2D eigenvalue weighted by molar-refractivity contribution is 6.42. The molecule has 0 aliphatic carbocycles. The molecule has 0 saturated carbocycles. The van der Waals surface area contributed by atoms with E-state index in [1.165, 1.54) is 5.56 Å². The second-order valence-electron chi connectivity index (χ2n) is 5.49. The summed E-state index contributed by atoms with van der Waals surface area (Å²) < 4.78 is 0. The summed E-state index contributed by atoms with van der Waals surface area (Å²) in [6.45, 7) is 4.43. The lowest BCUT2D eigenvalue weighted by molar-refractivity contribution is 0.646. The van der Waals surface area contributed by atoms with Crippen molar-refractivity contribution in [2.45, 2.75) is 26.3 Å². The van der Waals surface area contributed by atoms with Crippen LogP contribution in [0, 0.1) is 5.92 Å². The second kappa shape index (κ2) is 6.62. The normalized spacial score (nSPS) is 12.7. The van der Waals surface area contributed by atoms with Crippen molar-refractivity contribution in [1.29, 1.82) is 0 Å². The molecule has 3 heteroatoms. The summed E-state index contributed by atoms with van der Waals surface area (Å²) in [6, 6.07) is 13.8. The molecule has 1 nitrogen and oxygen atoms in total. The Morgan fingerprint density at radius 3 is 2.30 bits per heavy atom. The Morgan fingerprint density at radius 1 is 0.950 bits per heavy atom. The standard InChI is InChI=1S/C17H19Cl2N/c1-11(2)8-12-4-3-5-13(9-12)17(20)14-6-7-15(18)16(19)10-14/h3-7,9-11,17H,8,20H2,1-2H3. The molecule has 1 unspecified atom stereocenters. The molecule has 0 spiro atoms. The van der Waals surface area contributed by atoms with Crippen LogP contribution in [0.5, 0.6) is 0 Å². The van der Waals surface area contributed by atoms with Gasteiger partial charge in [0.1, 0.15) is 0 Å². The van der Waals surface area contributed by atoms with Gasteiger partial charge in [-0.3, -0.25) is 0 Å². The summed E-state index contributed by atoms with van der Waals surface area (Å²) >= 11 is 12.0. The van der Waals surface area contributed by atoms with Gasteiger partial charge >= 0.3 is 0 Å². The summed E-state index contributed by atoms with van der Waals surface area (Å²) in [5.74, 6) is 0.631. The lowest BCUT2D eigenvalue weighted by atomic mass is 9.95. The summed E-state index contributed by atoms with van der Waals surface area (Å²) in [4.78, 5) is 0. The molecule has 2 N–H and O–H groups in total. The Labute approximate surface area is 130 Å². The number of hydrogen-bond acceptors (Lipinski definition) is 1. The molecule has 2 aromatic carbocycles. The smallest absolute Gasteiger partial charge is 0.0595 e. The third kappa shape index (κ3) is 3.76. The summed E-state index contributed by atoms with van der Waals surface area (Å²) in [5.41, 5.74) is 9.72. The Hall–Kier alpha value is -1.02. The zero-order valence-electron chi connectivity index (χ0n) is 11.7. The molecule has 0 heterocycles. The first kappa shape index (κ1) is 15.4. The molecule has 0 amide bonds. The average Bonchev–Trinajstić information content (AvgIpc) is 2.40. The van der Waals surface area contributed by atoms with Crippen LogP contribution >= 0.6 is 23.2 Å². The zero-order valence-corrected chi connectivity index (χ0v) is 13.2. The predicted octanol–water partition coefficient (Wildman–Crippen LogP) is 5.24. The molecule has 2 rings (SSSR count). The van der Waals surface area contributed by atoms with Crippen molar-refractivity contribution in [1.82, 2.24) is 0 Å². The van der Waals surface area contributed by atoms with E-state index < -0.39 is 0 Å². The van der Waals surface area contributed by atoms with Crippen molar-refractivity contribution in [3.63, 3.8) is 0 Å². The van der Waals surface area contributed by atoms with Gasteiger partial charge in [0.2, 0.25) is 0 Å². The van der Waals surface area contributed by atoms with Crippen molar-refractivity contribution in [3.05, 3.63) is 69.2 Å². The highest BCUT2D eigenvalue weighted by atomic mass is 35.5. The van der Waals surface area contributed by atoms with Crippen LogP contribution in [0.2, 0.25) is 10.0 Å². The highest BCUT2D eigenvalue weighted by Gasteiger charge is 2.11. The largest absolute Gasteiger partial charge is 0.320 e. The highest BCUT2D eigenvalue weighted by Crippen LogP contribution is 2.28. The quantitative estimate of drug-likeness (QED) is 0.821. The van der Waals surface area contributed by atoms with E-state index in [1.54, 1.807) is 6.07 Å². The van der Waals surface area contributed by atoms with Gasteiger partial charge in [0, 0.05) is 0 Å². The fourth-order valence-electron chi connectivity index (χ4n) is 2.28. The van der Waals surface area contributed by atoms with E-state index in [2.05, 4.69) is 38.1 Å². The zero-order chi connectivity index (χ0) is 14.7. The fourth-order valence-corrected chi connectivity index (χ4v) is 2.59. The molecule has 20 heavy (non-hydrogen) atoms. The van der Waals surface area contributed by atoms with Crippen molar-refractivity contribution in [2.24, 2.45) is 11.7 Å². The van der Waals surface area contributed by atoms with Crippen LogP contribution in [0.3, 0.4) is 0 Å². The first-order chi connectivity index (χ1) is 9.47. The van der Waals surface area contributed by atoms with Crippen LogP contribution in [0.15, 0.2) is 42.5 Å². The molecule has 0 saturated heterocycles. The molecule has 0 aliphatic heterocycles. The third-order valence-electron chi connectivity index (χ3n) is 3.26. The number of hydrogen-bond donors (Lipinski definition) is 1. The molecule has 0 bridgehead atoms. The van der Waals surface area contributed by atoms with E-state index in [9.17, 15) is 0 Å². The monoisotopic (exact) mass is 307 g/mol. The maximum Gasteiger partial charge on any atom is 0.0595 e. The van der Waals surface area contributed by atoms with E-state index in [4.69, 9.17) is 28.9 Å². The molecule has 106 valence electrons. The van der Waals surface area contributed by atoms with Crippen LogP contribution in [-0.4, -0.2) is 0 Å². The lowest BCUT2D eigenvalue weighted by Gasteiger charge is -2.15.